The third kappa shape index (κ3) is 2.95. The van der Waals surface area contributed by atoms with Crippen molar-refractivity contribution in [1.29, 1.82) is 5.26 Å². The van der Waals surface area contributed by atoms with E-state index in [9.17, 15) is 0 Å². The zero-order valence-electron chi connectivity index (χ0n) is 10.0. The van der Waals surface area contributed by atoms with Gasteiger partial charge in [-0.3, -0.25) is 4.98 Å². The maximum absolute atomic E-state index is 8.81. The third-order valence-corrected chi connectivity index (χ3v) is 2.42. The van der Waals surface area contributed by atoms with E-state index in [1.807, 2.05) is 18.2 Å². The third-order valence-electron chi connectivity index (χ3n) is 2.42. The average molecular weight is 239 g/mol. The summed E-state index contributed by atoms with van der Waals surface area (Å²) in [7, 11) is 1.80. The lowest BCUT2D eigenvalue weighted by molar-refractivity contribution is 1.08. The average Bonchev–Trinajstić information content (AvgIpc) is 2.45. The van der Waals surface area contributed by atoms with Crippen LogP contribution < -0.4 is 10.6 Å². The monoisotopic (exact) mass is 239 g/mol. The van der Waals surface area contributed by atoms with Crippen molar-refractivity contribution in [2.24, 2.45) is 0 Å². The van der Waals surface area contributed by atoms with Gasteiger partial charge in [-0.15, -0.1) is 0 Å². The first-order valence-electron chi connectivity index (χ1n) is 5.54. The van der Waals surface area contributed by atoms with Gasteiger partial charge < -0.3 is 10.6 Å². The molecular weight excluding hydrogens is 226 g/mol. The number of nitrogens with zero attached hydrogens (tertiary/aromatic N) is 3. The number of rotatable bonds is 4. The summed E-state index contributed by atoms with van der Waals surface area (Å²) in [6, 6.07) is 9.58. The standard InChI is InChI=1S/C13H13N5/c1-15-12-8-16-9-13(18-12)17-7-11-4-2-3-10(5-11)6-14/h2-5,8-9H,7H2,1H3,(H2,15,17,18). The molecule has 0 aliphatic rings. The number of benzene rings is 1. The van der Waals surface area contributed by atoms with Gasteiger partial charge in [0.05, 0.1) is 24.0 Å². The lowest BCUT2D eigenvalue weighted by Gasteiger charge is -2.06. The van der Waals surface area contributed by atoms with Crippen LogP contribution in [0.1, 0.15) is 11.1 Å². The predicted octanol–water partition coefficient (Wildman–Crippen LogP) is 2.00. The SMILES string of the molecule is CNc1cncc(NCc2cccc(C#N)c2)n1. The van der Waals surface area contributed by atoms with Crippen molar-refractivity contribution >= 4 is 11.6 Å². The van der Waals surface area contributed by atoms with Crippen LogP contribution in [0.5, 0.6) is 0 Å². The van der Waals surface area contributed by atoms with Gasteiger partial charge in [-0.25, -0.2) is 4.98 Å². The quantitative estimate of drug-likeness (QED) is 0.853. The van der Waals surface area contributed by atoms with Crippen LogP contribution in [0.4, 0.5) is 11.6 Å². The molecular formula is C13H13N5. The number of anilines is 2. The molecule has 18 heavy (non-hydrogen) atoms. The summed E-state index contributed by atoms with van der Waals surface area (Å²) >= 11 is 0. The smallest absolute Gasteiger partial charge is 0.147 e. The van der Waals surface area contributed by atoms with E-state index in [0.29, 0.717) is 23.7 Å². The molecule has 2 rings (SSSR count). The van der Waals surface area contributed by atoms with Crippen LogP contribution in [-0.2, 0) is 6.54 Å². The van der Waals surface area contributed by atoms with Crippen LogP contribution in [0.25, 0.3) is 0 Å². The minimum absolute atomic E-state index is 0.608. The second kappa shape index (κ2) is 5.64. The van der Waals surface area contributed by atoms with Gasteiger partial charge in [-0.2, -0.15) is 5.26 Å². The van der Waals surface area contributed by atoms with Gasteiger partial charge >= 0.3 is 0 Å². The fourth-order valence-corrected chi connectivity index (χ4v) is 1.52. The van der Waals surface area contributed by atoms with Gasteiger partial charge in [0.25, 0.3) is 0 Å². The molecule has 2 aromatic rings. The molecule has 0 saturated heterocycles. The molecule has 1 aromatic heterocycles. The van der Waals surface area contributed by atoms with Crippen LogP contribution in [0.3, 0.4) is 0 Å². The summed E-state index contributed by atoms with van der Waals surface area (Å²) in [6.07, 6.45) is 3.32. The Morgan fingerprint density at radius 2 is 2.11 bits per heavy atom. The van der Waals surface area contributed by atoms with Crippen molar-refractivity contribution in [3.8, 4) is 6.07 Å². The summed E-state index contributed by atoms with van der Waals surface area (Å²) < 4.78 is 0. The predicted molar refractivity (Wildman–Crippen MR) is 70.1 cm³/mol. The largest absolute Gasteiger partial charge is 0.372 e. The first kappa shape index (κ1) is 11.9. The highest BCUT2D eigenvalue weighted by Gasteiger charge is 1.98. The highest BCUT2D eigenvalue weighted by atomic mass is 15.1. The van der Waals surface area contributed by atoms with Crippen LogP contribution >= 0.6 is 0 Å². The van der Waals surface area contributed by atoms with E-state index >= 15 is 0 Å². The number of nitrogens with one attached hydrogen (secondary N) is 2. The van der Waals surface area contributed by atoms with Crippen LogP contribution in [0, 0.1) is 11.3 Å². The van der Waals surface area contributed by atoms with Gasteiger partial charge in [-0.05, 0) is 17.7 Å². The second-order valence-corrected chi connectivity index (χ2v) is 3.71. The highest BCUT2D eigenvalue weighted by molar-refractivity contribution is 5.42. The Kier molecular flexibility index (Phi) is 3.72. The van der Waals surface area contributed by atoms with Gasteiger partial charge in [-0.1, -0.05) is 12.1 Å². The topological polar surface area (TPSA) is 73.6 Å². The van der Waals surface area contributed by atoms with Crippen LogP contribution in [-0.4, -0.2) is 17.0 Å². The summed E-state index contributed by atoms with van der Waals surface area (Å²) in [5.74, 6) is 1.41. The van der Waals surface area contributed by atoms with Crippen molar-refractivity contribution in [3.05, 3.63) is 47.8 Å². The van der Waals surface area contributed by atoms with Gasteiger partial charge in [0.1, 0.15) is 11.6 Å². The summed E-state index contributed by atoms with van der Waals surface area (Å²) in [5, 5.41) is 14.9. The molecule has 0 unspecified atom stereocenters. The normalized spacial score (nSPS) is 9.56. The molecule has 0 aliphatic carbocycles. The molecule has 0 spiro atoms. The van der Waals surface area contributed by atoms with Crippen LogP contribution in [0.15, 0.2) is 36.7 Å². The molecule has 1 aromatic carbocycles. The molecule has 0 bridgehead atoms. The molecule has 2 N–H and O–H groups in total. The summed E-state index contributed by atoms with van der Waals surface area (Å²) in [5.41, 5.74) is 1.69. The Bertz CT molecular complexity index is 574. The molecule has 0 atom stereocenters. The first-order chi connectivity index (χ1) is 8.81. The maximum atomic E-state index is 8.81. The van der Waals surface area contributed by atoms with Crippen molar-refractivity contribution < 1.29 is 0 Å². The maximum Gasteiger partial charge on any atom is 0.147 e. The van der Waals surface area contributed by atoms with Crippen LogP contribution in [0.2, 0.25) is 0 Å². The van der Waals surface area contributed by atoms with E-state index in [0.717, 1.165) is 5.56 Å². The van der Waals surface area contributed by atoms with Gasteiger partial charge in [0, 0.05) is 13.6 Å². The number of hydrogen-bond acceptors (Lipinski definition) is 5. The number of hydrogen-bond donors (Lipinski definition) is 2. The minimum atomic E-state index is 0.608. The number of aromatic nitrogens is 2. The molecule has 0 aliphatic heterocycles. The minimum Gasteiger partial charge on any atom is -0.372 e. The Hall–Kier alpha value is -2.61. The fourth-order valence-electron chi connectivity index (χ4n) is 1.52. The van der Waals surface area contributed by atoms with E-state index in [-0.39, 0.29) is 0 Å². The van der Waals surface area contributed by atoms with Crippen molar-refractivity contribution in [3.63, 3.8) is 0 Å². The van der Waals surface area contributed by atoms with E-state index in [1.165, 1.54) is 0 Å². The van der Waals surface area contributed by atoms with Crippen molar-refractivity contribution in [2.45, 2.75) is 6.54 Å². The molecule has 0 fully saturated rings. The second-order valence-electron chi connectivity index (χ2n) is 3.71. The Balaban J connectivity index is 2.04. The molecule has 0 radical (unpaired) electrons. The molecule has 90 valence electrons. The van der Waals surface area contributed by atoms with Gasteiger partial charge in [0.2, 0.25) is 0 Å². The van der Waals surface area contributed by atoms with Crippen molar-refractivity contribution in [1.82, 2.24) is 9.97 Å². The lowest BCUT2D eigenvalue weighted by Crippen LogP contribution is -2.03. The van der Waals surface area contributed by atoms with E-state index in [2.05, 4.69) is 26.7 Å². The highest BCUT2D eigenvalue weighted by Crippen LogP contribution is 2.09. The summed E-state index contributed by atoms with van der Waals surface area (Å²) in [6.45, 7) is 0.608. The number of nitriles is 1. The Labute approximate surface area is 106 Å². The molecule has 5 heteroatoms. The first-order valence-corrected chi connectivity index (χ1v) is 5.54. The zero-order valence-corrected chi connectivity index (χ0v) is 10.0. The molecule has 0 saturated carbocycles. The molecule has 1 heterocycles. The van der Waals surface area contributed by atoms with E-state index in [4.69, 9.17) is 5.26 Å². The fraction of sp³-hybridized carbons (Fsp3) is 0.154. The van der Waals surface area contributed by atoms with Gasteiger partial charge in [0.15, 0.2) is 0 Å². The van der Waals surface area contributed by atoms with E-state index in [1.54, 1.807) is 25.5 Å². The molecule has 5 nitrogen and oxygen atoms in total. The molecule has 0 amide bonds. The lowest BCUT2D eigenvalue weighted by atomic mass is 10.1. The van der Waals surface area contributed by atoms with E-state index < -0.39 is 0 Å². The van der Waals surface area contributed by atoms with Crippen molar-refractivity contribution in [2.75, 3.05) is 17.7 Å². The Morgan fingerprint density at radius 1 is 1.28 bits per heavy atom. The summed E-state index contributed by atoms with van der Waals surface area (Å²) in [4.78, 5) is 8.36. The Morgan fingerprint density at radius 3 is 2.89 bits per heavy atom. The zero-order chi connectivity index (χ0) is 12.8.